The Bertz CT molecular complexity index is 917. The van der Waals surface area contributed by atoms with Gasteiger partial charge in [0.05, 0.1) is 12.0 Å². The van der Waals surface area contributed by atoms with E-state index in [0.717, 1.165) is 5.56 Å². The fourth-order valence-corrected chi connectivity index (χ4v) is 2.16. The van der Waals surface area contributed by atoms with Crippen molar-refractivity contribution in [2.45, 2.75) is 6.92 Å². The van der Waals surface area contributed by atoms with Crippen molar-refractivity contribution in [3.8, 4) is 0 Å². The molecular formula is C19H16N4O3. The van der Waals surface area contributed by atoms with Gasteiger partial charge in [-0.25, -0.2) is 5.43 Å². The highest BCUT2D eigenvalue weighted by molar-refractivity contribution is 6.03. The van der Waals surface area contributed by atoms with E-state index in [0.29, 0.717) is 17.0 Å². The van der Waals surface area contributed by atoms with Gasteiger partial charge >= 0.3 is 0 Å². The molecule has 7 nitrogen and oxygen atoms in total. The summed E-state index contributed by atoms with van der Waals surface area (Å²) < 4.78 is 5.05. The summed E-state index contributed by atoms with van der Waals surface area (Å²) in [6, 6.07) is 13.6. The first-order chi connectivity index (χ1) is 12.6. The molecule has 2 heterocycles. The third-order valence-electron chi connectivity index (χ3n) is 3.57. The number of furan rings is 1. The quantitative estimate of drug-likeness (QED) is 0.547. The van der Waals surface area contributed by atoms with Gasteiger partial charge in [0.15, 0.2) is 5.76 Å². The number of carbonyl (C=O) groups excluding carboxylic acids is 2. The summed E-state index contributed by atoms with van der Waals surface area (Å²) in [6.45, 7) is 1.78. The summed E-state index contributed by atoms with van der Waals surface area (Å²) in [5, 5.41) is 6.83. The number of pyridine rings is 1. The predicted octanol–water partition coefficient (Wildman–Crippen LogP) is 3.08. The first-order valence-corrected chi connectivity index (χ1v) is 7.83. The molecule has 1 aromatic carbocycles. The van der Waals surface area contributed by atoms with Gasteiger partial charge in [-0.3, -0.25) is 14.6 Å². The molecule has 0 atom stereocenters. The molecule has 0 aliphatic rings. The predicted molar refractivity (Wildman–Crippen MR) is 97.0 cm³/mol. The van der Waals surface area contributed by atoms with Gasteiger partial charge in [-0.2, -0.15) is 5.10 Å². The maximum absolute atomic E-state index is 12.0. The first-order valence-electron chi connectivity index (χ1n) is 7.83. The molecule has 0 radical (unpaired) electrons. The molecule has 26 heavy (non-hydrogen) atoms. The zero-order chi connectivity index (χ0) is 18.4. The monoisotopic (exact) mass is 348 g/mol. The normalized spacial score (nSPS) is 11.0. The van der Waals surface area contributed by atoms with Crippen LogP contribution in [0.2, 0.25) is 0 Å². The number of nitrogens with zero attached hydrogens (tertiary/aromatic N) is 2. The lowest BCUT2D eigenvalue weighted by molar-refractivity contribution is 0.0953. The van der Waals surface area contributed by atoms with Crippen LogP contribution in [0, 0.1) is 0 Å². The Labute approximate surface area is 149 Å². The fourth-order valence-electron chi connectivity index (χ4n) is 2.16. The zero-order valence-corrected chi connectivity index (χ0v) is 14.0. The van der Waals surface area contributed by atoms with Crippen LogP contribution in [0.4, 0.5) is 5.69 Å². The van der Waals surface area contributed by atoms with Crippen LogP contribution in [0.25, 0.3) is 0 Å². The maximum Gasteiger partial charge on any atom is 0.291 e. The molecule has 130 valence electrons. The average molecular weight is 348 g/mol. The van der Waals surface area contributed by atoms with Crippen molar-refractivity contribution in [1.82, 2.24) is 10.4 Å². The molecule has 0 aliphatic carbocycles. The van der Waals surface area contributed by atoms with Crippen LogP contribution in [-0.2, 0) is 0 Å². The lowest BCUT2D eigenvalue weighted by Gasteiger charge is -2.06. The second kappa shape index (κ2) is 7.89. The molecule has 0 aliphatic heterocycles. The Hall–Kier alpha value is -3.74. The Morgan fingerprint density at radius 1 is 0.962 bits per heavy atom. The van der Waals surface area contributed by atoms with Gasteiger partial charge in [0.2, 0.25) is 0 Å². The van der Waals surface area contributed by atoms with Gasteiger partial charge in [0.25, 0.3) is 11.8 Å². The highest BCUT2D eigenvalue weighted by Crippen LogP contribution is 2.12. The van der Waals surface area contributed by atoms with Crippen molar-refractivity contribution >= 4 is 23.2 Å². The molecule has 0 fully saturated rings. The van der Waals surface area contributed by atoms with Crippen LogP contribution >= 0.6 is 0 Å². The van der Waals surface area contributed by atoms with E-state index in [4.69, 9.17) is 4.42 Å². The van der Waals surface area contributed by atoms with Crippen LogP contribution < -0.4 is 10.7 Å². The molecule has 7 heteroatoms. The fraction of sp³-hybridized carbons (Fsp3) is 0.0526. The molecule has 0 spiro atoms. The van der Waals surface area contributed by atoms with Gasteiger partial charge in [0.1, 0.15) is 0 Å². The SMILES string of the molecule is CC(=NNC(=O)c1ccncc1)c1ccc(NC(=O)c2ccco2)cc1. The van der Waals surface area contributed by atoms with Crippen LogP contribution in [0.15, 0.2) is 76.7 Å². The van der Waals surface area contributed by atoms with E-state index in [1.807, 2.05) is 0 Å². The number of nitrogens with one attached hydrogen (secondary N) is 2. The van der Waals surface area contributed by atoms with E-state index >= 15 is 0 Å². The summed E-state index contributed by atoms with van der Waals surface area (Å²) >= 11 is 0. The number of rotatable bonds is 5. The summed E-state index contributed by atoms with van der Waals surface area (Å²) in [5.41, 5.74) is 5.06. The van der Waals surface area contributed by atoms with Gasteiger partial charge in [-0.05, 0) is 48.9 Å². The van der Waals surface area contributed by atoms with Gasteiger partial charge in [0, 0.05) is 23.6 Å². The molecule has 0 saturated carbocycles. The molecule has 0 saturated heterocycles. The minimum Gasteiger partial charge on any atom is -0.459 e. The summed E-state index contributed by atoms with van der Waals surface area (Å²) in [4.78, 5) is 27.8. The van der Waals surface area contributed by atoms with Crippen LogP contribution in [0.1, 0.15) is 33.4 Å². The smallest absolute Gasteiger partial charge is 0.291 e. The Balaban J connectivity index is 1.62. The van der Waals surface area contributed by atoms with Crippen molar-refractivity contribution in [3.05, 3.63) is 84.1 Å². The molecule has 0 bridgehead atoms. The molecular weight excluding hydrogens is 332 g/mol. The Morgan fingerprint density at radius 2 is 1.69 bits per heavy atom. The van der Waals surface area contributed by atoms with E-state index in [1.54, 1.807) is 67.8 Å². The van der Waals surface area contributed by atoms with Crippen LogP contribution in [0.3, 0.4) is 0 Å². The summed E-state index contributed by atoms with van der Waals surface area (Å²) in [5.74, 6) is -0.391. The Kier molecular flexibility index (Phi) is 5.19. The number of anilines is 1. The number of carbonyl (C=O) groups is 2. The molecule has 0 unspecified atom stereocenters. The standard InChI is InChI=1S/C19H16N4O3/c1-13(22-23-18(24)15-8-10-20-11-9-15)14-4-6-16(7-5-14)21-19(25)17-3-2-12-26-17/h2-12H,1H3,(H,21,25)(H,23,24). The van der Waals surface area contributed by atoms with Crippen molar-refractivity contribution in [1.29, 1.82) is 0 Å². The van der Waals surface area contributed by atoms with E-state index in [2.05, 4.69) is 20.8 Å². The van der Waals surface area contributed by atoms with E-state index in [-0.39, 0.29) is 17.6 Å². The number of hydrazone groups is 1. The minimum absolute atomic E-state index is 0.241. The highest BCUT2D eigenvalue weighted by atomic mass is 16.3. The van der Waals surface area contributed by atoms with Gasteiger partial charge < -0.3 is 9.73 Å². The second-order valence-corrected chi connectivity index (χ2v) is 5.38. The number of amides is 2. The lowest BCUT2D eigenvalue weighted by atomic mass is 10.1. The number of aromatic nitrogens is 1. The van der Waals surface area contributed by atoms with Crippen molar-refractivity contribution < 1.29 is 14.0 Å². The topological polar surface area (TPSA) is 96.6 Å². The van der Waals surface area contributed by atoms with E-state index in [1.165, 1.54) is 6.26 Å². The van der Waals surface area contributed by atoms with Crippen molar-refractivity contribution in [3.63, 3.8) is 0 Å². The van der Waals surface area contributed by atoms with Crippen LogP contribution in [0.5, 0.6) is 0 Å². The zero-order valence-electron chi connectivity index (χ0n) is 14.0. The largest absolute Gasteiger partial charge is 0.459 e. The number of hydrogen-bond donors (Lipinski definition) is 2. The third kappa shape index (κ3) is 4.21. The van der Waals surface area contributed by atoms with Crippen LogP contribution in [-0.4, -0.2) is 22.5 Å². The number of benzene rings is 1. The molecule has 2 amide bonds. The molecule has 2 N–H and O–H groups in total. The first kappa shape index (κ1) is 17.1. The molecule has 3 rings (SSSR count). The average Bonchev–Trinajstić information content (AvgIpc) is 3.22. The summed E-state index contributed by atoms with van der Waals surface area (Å²) in [6.07, 6.45) is 4.53. The molecule has 2 aromatic heterocycles. The lowest BCUT2D eigenvalue weighted by Crippen LogP contribution is -2.19. The third-order valence-corrected chi connectivity index (χ3v) is 3.57. The minimum atomic E-state index is -0.322. The van der Waals surface area contributed by atoms with Gasteiger partial charge in [-0.15, -0.1) is 0 Å². The second-order valence-electron chi connectivity index (χ2n) is 5.38. The van der Waals surface area contributed by atoms with E-state index in [9.17, 15) is 9.59 Å². The highest BCUT2D eigenvalue weighted by Gasteiger charge is 2.09. The van der Waals surface area contributed by atoms with E-state index < -0.39 is 0 Å². The maximum atomic E-state index is 12.0. The van der Waals surface area contributed by atoms with Crippen molar-refractivity contribution in [2.24, 2.45) is 5.10 Å². The Morgan fingerprint density at radius 3 is 2.35 bits per heavy atom. The number of hydrogen-bond acceptors (Lipinski definition) is 5. The van der Waals surface area contributed by atoms with Crippen molar-refractivity contribution in [2.75, 3.05) is 5.32 Å². The molecule has 3 aromatic rings. The summed E-state index contributed by atoms with van der Waals surface area (Å²) in [7, 11) is 0. The van der Waals surface area contributed by atoms with Gasteiger partial charge in [-0.1, -0.05) is 12.1 Å².